The summed E-state index contributed by atoms with van der Waals surface area (Å²) in [6.07, 6.45) is 59.7. The Balaban J connectivity index is 0. The summed E-state index contributed by atoms with van der Waals surface area (Å²) in [4.78, 5) is 22.0. The van der Waals surface area contributed by atoms with E-state index in [2.05, 4.69) is 27.7 Å². The third kappa shape index (κ3) is 60.3. The molecule has 8 N–H and O–H groups in total. The summed E-state index contributed by atoms with van der Waals surface area (Å²) in [6.45, 7) is 12.5. The number of hydrogen-bond donors (Lipinski definition) is 4. The van der Waals surface area contributed by atoms with Crippen LogP contribution in [0.4, 0.5) is 0 Å². The zero-order valence-electron chi connectivity index (χ0n) is 56.7. The molecule has 0 radical (unpaired) electrons. The van der Waals surface area contributed by atoms with Gasteiger partial charge < -0.3 is 55.2 Å². The van der Waals surface area contributed by atoms with Gasteiger partial charge in [0.2, 0.25) is 0 Å². The van der Waals surface area contributed by atoms with Gasteiger partial charge in [0.1, 0.15) is 18.3 Å². The summed E-state index contributed by atoms with van der Waals surface area (Å²) in [5, 5.41) is 0. The Morgan fingerprint density at radius 3 is 0.894 bits per heavy atom. The Kier molecular flexibility index (Phi) is 69.8. The molecule has 0 bridgehead atoms. The zero-order chi connectivity index (χ0) is 59.9. The SMILES string of the molecule is CCCCCCCCCCCCCCOC[C@H](COCC(OCc1ccccc1)C(OC[C@@H](COCCCCCCCCCCCCCC)OCCCCCCCCCCCCCC)P(=O)(O)O)OCCCCCCCCCCCCCC.N.N. The van der Waals surface area contributed by atoms with Gasteiger partial charge in [-0.1, -0.05) is 341 Å². The molecule has 1 aromatic rings. The monoisotopic (exact) mass is 1230 g/mol. The van der Waals surface area contributed by atoms with Crippen molar-refractivity contribution in [1.29, 1.82) is 0 Å². The molecule has 0 aliphatic carbocycles. The molecule has 0 saturated heterocycles. The van der Waals surface area contributed by atoms with E-state index in [-0.39, 0.29) is 44.8 Å². The summed E-state index contributed by atoms with van der Waals surface area (Å²) in [5.41, 5.74) is 0.895. The molecule has 2 unspecified atom stereocenters. The van der Waals surface area contributed by atoms with E-state index in [0.717, 1.165) is 50.5 Å². The quantitative estimate of drug-likeness (QED) is 0.0357. The van der Waals surface area contributed by atoms with Crippen LogP contribution >= 0.6 is 7.60 Å². The molecular formula is C72H145N2O10P. The maximum absolute atomic E-state index is 13.5. The van der Waals surface area contributed by atoms with Crippen LogP contribution in [0.5, 0.6) is 0 Å². The highest BCUT2D eigenvalue weighted by molar-refractivity contribution is 7.52. The molecule has 0 heterocycles. The average Bonchev–Trinajstić information content (AvgIpc) is 3.68. The van der Waals surface area contributed by atoms with Crippen LogP contribution in [-0.4, -0.2) is 93.4 Å². The fourth-order valence-electron chi connectivity index (χ4n) is 11.1. The molecule has 508 valence electrons. The molecular weight excluding hydrogens is 1080 g/mol. The number of unbranched alkanes of at least 4 members (excludes halogenated alkanes) is 44. The van der Waals surface area contributed by atoms with Crippen LogP contribution in [0.1, 0.15) is 341 Å². The summed E-state index contributed by atoms with van der Waals surface area (Å²) in [6, 6.07) is 9.72. The second-order valence-electron chi connectivity index (χ2n) is 24.9. The molecule has 13 heteroatoms. The Labute approximate surface area is 527 Å². The predicted molar refractivity (Wildman–Crippen MR) is 363 cm³/mol. The van der Waals surface area contributed by atoms with Crippen LogP contribution in [0.25, 0.3) is 0 Å². The van der Waals surface area contributed by atoms with Gasteiger partial charge in [-0.2, -0.15) is 0 Å². The standard InChI is InChI=1S/C72H139O10P.2H3N/c1-5-9-13-17-21-25-29-33-37-41-45-52-58-76-63-69(79-60-54-47-43-39-35-31-27-23-19-15-11-7-3)65-78-67-71(81-62-68-56-50-49-51-57-68)72(83(73,74)75)82-66-70(80-61-55-48-44-40-36-32-28-24-20-16-12-8-4)64-77-59-53-46-42-38-34-30-26-22-18-14-10-6-2;;/h49-51,56-57,69-72H,5-48,52-55,58-67H2,1-4H3,(H2,73,74,75);2*1H3/t69-,70-,71?,72?;;/m1../s1. The molecule has 1 rings (SSSR count). The van der Waals surface area contributed by atoms with Crippen LogP contribution in [0.3, 0.4) is 0 Å². The molecule has 0 aromatic heterocycles. The molecule has 0 saturated carbocycles. The molecule has 12 nitrogen and oxygen atoms in total. The third-order valence-electron chi connectivity index (χ3n) is 16.6. The van der Waals surface area contributed by atoms with E-state index >= 15 is 0 Å². The van der Waals surface area contributed by atoms with E-state index < -0.39 is 25.6 Å². The summed E-state index contributed by atoms with van der Waals surface area (Å²) in [7, 11) is -4.86. The van der Waals surface area contributed by atoms with Crippen molar-refractivity contribution in [2.24, 2.45) is 0 Å². The lowest BCUT2D eigenvalue weighted by molar-refractivity contribution is -0.127. The average molecular weight is 1230 g/mol. The predicted octanol–water partition coefficient (Wildman–Crippen LogP) is 22.0. The van der Waals surface area contributed by atoms with Crippen molar-refractivity contribution in [3.8, 4) is 0 Å². The van der Waals surface area contributed by atoms with E-state index in [0.29, 0.717) is 39.6 Å². The Hall–Kier alpha value is -0.990. The maximum atomic E-state index is 13.5. The maximum Gasteiger partial charge on any atom is 0.356 e. The Morgan fingerprint density at radius 2 is 0.588 bits per heavy atom. The van der Waals surface area contributed by atoms with Gasteiger partial charge in [0.25, 0.3) is 0 Å². The van der Waals surface area contributed by atoms with Crippen LogP contribution < -0.4 is 12.3 Å². The highest BCUT2D eigenvalue weighted by Gasteiger charge is 2.39. The van der Waals surface area contributed by atoms with Crippen molar-refractivity contribution < 1.29 is 47.5 Å². The minimum absolute atomic E-state index is 0. The van der Waals surface area contributed by atoms with Crippen molar-refractivity contribution in [3.05, 3.63) is 35.9 Å². The first-order valence-electron chi connectivity index (χ1n) is 36.1. The summed E-state index contributed by atoms with van der Waals surface area (Å²) >= 11 is 0. The summed E-state index contributed by atoms with van der Waals surface area (Å²) in [5.74, 6) is -1.57. The van der Waals surface area contributed by atoms with Gasteiger partial charge >= 0.3 is 7.60 Å². The van der Waals surface area contributed by atoms with Crippen molar-refractivity contribution in [3.63, 3.8) is 0 Å². The van der Waals surface area contributed by atoms with Crippen LogP contribution in [0.15, 0.2) is 30.3 Å². The second-order valence-corrected chi connectivity index (χ2v) is 26.6. The largest absolute Gasteiger partial charge is 0.379 e. The lowest BCUT2D eigenvalue weighted by Crippen LogP contribution is -2.39. The lowest BCUT2D eigenvalue weighted by atomic mass is 10.1. The molecule has 0 spiro atoms. The minimum atomic E-state index is -4.86. The molecule has 85 heavy (non-hydrogen) atoms. The highest BCUT2D eigenvalue weighted by Crippen LogP contribution is 2.45. The Morgan fingerprint density at radius 1 is 0.318 bits per heavy atom. The number of benzene rings is 1. The summed E-state index contributed by atoms with van der Waals surface area (Å²) < 4.78 is 57.9. The van der Waals surface area contributed by atoms with Crippen molar-refractivity contribution >= 4 is 7.60 Å². The topological polar surface area (TPSA) is 192 Å². The lowest BCUT2D eigenvalue weighted by Gasteiger charge is -2.30. The van der Waals surface area contributed by atoms with Gasteiger partial charge in [0.05, 0.1) is 39.6 Å². The van der Waals surface area contributed by atoms with Gasteiger partial charge in [-0.15, -0.1) is 0 Å². The second kappa shape index (κ2) is 68.9. The molecule has 1 aromatic carbocycles. The van der Waals surface area contributed by atoms with E-state index in [4.69, 9.17) is 33.2 Å². The Bertz CT molecular complexity index is 1450. The first-order valence-corrected chi connectivity index (χ1v) is 37.8. The molecule has 4 atom stereocenters. The van der Waals surface area contributed by atoms with Crippen molar-refractivity contribution in [1.82, 2.24) is 12.3 Å². The van der Waals surface area contributed by atoms with Crippen molar-refractivity contribution in [2.45, 2.75) is 367 Å². The van der Waals surface area contributed by atoms with Gasteiger partial charge in [-0.25, -0.2) is 0 Å². The van der Waals surface area contributed by atoms with Crippen molar-refractivity contribution in [2.75, 3.05) is 59.5 Å². The number of ether oxygens (including phenoxy) is 7. The number of hydrogen-bond acceptors (Lipinski definition) is 10. The van der Waals surface area contributed by atoms with Crippen LogP contribution in [-0.2, 0) is 44.3 Å². The zero-order valence-corrected chi connectivity index (χ0v) is 57.6. The molecule has 0 amide bonds. The molecule has 0 fully saturated rings. The molecule has 0 aliphatic rings. The van der Waals surface area contributed by atoms with E-state index in [9.17, 15) is 14.4 Å². The van der Waals surface area contributed by atoms with Crippen LogP contribution in [0.2, 0.25) is 0 Å². The van der Waals surface area contributed by atoms with Gasteiger partial charge in [-0.05, 0) is 31.2 Å². The highest BCUT2D eigenvalue weighted by atomic mass is 31.2. The fourth-order valence-corrected chi connectivity index (χ4v) is 12.0. The first-order chi connectivity index (χ1) is 40.8. The fraction of sp³-hybridized carbons (Fsp3) is 0.917. The third-order valence-corrected chi connectivity index (χ3v) is 17.7. The number of rotatable bonds is 70. The van der Waals surface area contributed by atoms with Gasteiger partial charge in [0, 0.05) is 26.4 Å². The normalized spacial score (nSPS) is 13.2. The van der Waals surface area contributed by atoms with E-state index in [1.807, 2.05) is 30.3 Å². The van der Waals surface area contributed by atoms with Crippen LogP contribution in [0, 0.1) is 0 Å². The van der Waals surface area contributed by atoms with E-state index in [1.54, 1.807) is 0 Å². The van der Waals surface area contributed by atoms with Gasteiger partial charge in [-0.3, -0.25) is 4.57 Å². The smallest absolute Gasteiger partial charge is 0.356 e. The van der Waals surface area contributed by atoms with E-state index in [1.165, 1.54) is 263 Å². The minimum Gasteiger partial charge on any atom is -0.379 e. The molecule has 0 aliphatic heterocycles. The first kappa shape index (κ1) is 86.1. The van der Waals surface area contributed by atoms with Gasteiger partial charge in [0.15, 0.2) is 5.85 Å².